The van der Waals surface area contributed by atoms with Gasteiger partial charge in [0.2, 0.25) is 0 Å². The van der Waals surface area contributed by atoms with Gasteiger partial charge in [0, 0.05) is 0 Å². The molecule has 1 heterocycles. The summed E-state index contributed by atoms with van der Waals surface area (Å²) in [5.41, 5.74) is 2.55. The maximum absolute atomic E-state index is 6.99. The van der Waals surface area contributed by atoms with Gasteiger partial charge in [0.05, 0.1) is 33.0 Å². The van der Waals surface area contributed by atoms with Crippen molar-refractivity contribution in [2.75, 3.05) is 13.2 Å². The minimum absolute atomic E-state index is 0.0583. The zero-order valence-electron chi connectivity index (χ0n) is 26.0. The van der Waals surface area contributed by atoms with Crippen LogP contribution in [-0.2, 0) is 43.2 Å². The molecule has 6 heteroatoms. The van der Waals surface area contributed by atoms with Gasteiger partial charge in [0.25, 0.3) is 0 Å². The van der Waals surface area contributed by atoms with Crippen molar-refractivity contribution >= 4 is 8.32 Å². The summed E-state index contributed by atoms with van der Waals surface area (Å²) in [5.74, 6) is 0. The average molecular weight is 589 g/mol. The van der Waals surface area contributed by atoms with E-state index < -0.39 is 20.0 Å². The predicted molar refractivity (Wildman–Crippen MR) is 172 cm³/mol. The van der Waals surface area contributed by atoms with Crippen LogP contribution in [0.2, 0.25) is 18.1 Å². The summed E-state index contributed by atoms with van der Waals surface area (Å²) in [6.45, 7) is 17.6. The van der Waals surface area contributed by atoms with Crippen LogP contribution in [0.15, 0.2) is 104 Å². The van der Waals surface area contributed by atoms with E-state index in [1.807, 2.05) is 60.7 Å². The molecule has 0 N–H and O–H groups in total. The van der Waals surface area contributed by atoms with E-state index >= 15 is 0 Å². The van der Waals surface area contributed by atoms with Crippen LogP contribution in [0.3, 0.4) is 0 Å². The highest BCUT2D eigenvalue weighted by molar-refractivity contribution is 6.74. The molecular formula is C36H48O5Si. The lowest BCUT2D eigenvalue weighted by atomic mass is 9.91. The number of hydrogen-bond donors (Lipinski definition) is 0. The molecule has 0 radical (unpaired) electrons. The van der Waals surface area contributed by atoms with Crippen molar-refractivity contribution in [3.8, 4) is 0 Å². The smallest absolute Gasteiger partial charge is 0.192 e. The Hall–Kier alpha value is -2.58. The summed E-state index contributed by atoms with van der Waals surface area (Å²) in [6.07, 6.45) is 1.37. The predicted octanol–water partition coefficient (Wildman–Crippen LogP) is 8.11. The van der Waals surface area contributed by atoms with Crippen LogP contribution in [0.25, 0.3) is 0 Å². The second kappa shape index (κ2) is 14.7. The Labute approximate surface area is 253 Å². The van der Waals surface area contributed by atoms with E-state index in [2.05, 4.69) is 76.8 Å². The molecule has 3 aromatic carbocycles. The fourth-order valence-corrected chi connectivity index (χ4v) is 6.04. The number of benzene rings is 3. The topological polar surface area (TPSA) is 46.2 Å². The lowest BCUT2D eigenvalue weighted by Gasteiger charge is -2.41. The van der Waals surface area contributed by atoms with Crippen molar-refractivity contribution in [3.63, 3.8) is 0 Å². The largest absolute Gasteiger partial charge is 0.414 e. The molecular weight excluding hydrogens is 540 g/mol. The molecule has 1 saturated heterocycles. The van der Waals surface area contributed by atoms with Gasteiger partial charge in [0.15, 0.2) is 8.32 Å². The molecule has 3 aromatic rings. The van der Waals surface area contributed by atoms with Gasteiger partial charge in [-0.1, -0.05) is 118 Å². The van der Waals surface area contributed by atoms with Crippen molar-refractivity contribution in [2.45, 2.75) is 89.1 Å². The highest BCUT2D eigenvalue weighted by Crippen LogP contribution is 2.43. The van der Waals surface area contributed by atoms with Crippen LogP contribution in [0.5, 0.6) is 0 Å². The minimum Gasteiger partial charge on any atom is -0.414 e. The summed E-state index contributed by atoms with van der Waals surface area (Å²) in [5, 5.41) is 0.0583. The first-order valence-corrected chi connectivity index (χ1v) is 17.9. The second-order valence-corrected chi connectivity index (χ2v) is 17.6. The van der Waals surface area contributed by atoms with Crippen LogP contribution in [0, 0.1) is 0 Å². The fraction of sp³-hybridized carbons (Fsp3) is 0.444. The molecule has 226 valence electrons. The molecule has 4 atom stereocenters. The highest BCUT2D eigenvalue weighted by Gasteiger charge is 2.57. The second-order valence-electron chi connectivity index (χ2n) is 12.7. The van der Waals surface area contributed by atoms with E-state index in [-0.39, 0.29) is 17.2 Å². The Morgan fingerprint density at radius 2 is 1.29 bits per heavy atom. The van der Waals surface area contributed by atoms with E-state index in [1.165, 1.54) is 0 Å². The normalized spacial score (nSPS) is 22.7. The van der Waals surface area contributed by atoms with Crippen molar-refractivity contribution in [1.82, 2.24) is 0 Å². The van der Waals surface area contributed by atoms with Gasteiger partial charge in [-0.05, 0) is 41.2 Å². The summed E-state index contributed by atoms with van der Waals surface area (Å²) < 4.78 is 33.6. The number of hydrogen-bond acceptors (Lipinski definition) is 5. The SMILES string of the molecule is C=CC[C@@]1(CO[Si](C)(C)C(C)(C)C)O[C@H](COCc2ccccc2)[C@@H](OCc2ccccc2)[C@@H]1OCc1ccccc1. The standard InChI is InChI=1S/C36H48O5Si/c1-7-23-36(28-40-42(5,6)35(2,3)4)34(39-26-31-21-15-10-16-22-31)33(38-25-30-19-13-9-14-20-30)32(41-36)27-37-24-29-17-11-8-12-18-29/h7-22,32-34H,1,23-28H2,2-6H3/t32-,33-,34+,36+/m1/s1. The van der Waals surface area contributed by atoms with E-state index in [9.17, 15) is 0 Å². The number of ether oxygens (including phenoxy) is 4. The molecule has 42 heavy (non-hydrogen) atoms. The Morgan fingerprint density at radius 1 is 0.786 bits per heavy atom. The van der Waals surface area contributed by atoms with Gasteiger partial charge in [0.1, 0.15) is 23.9 Å². The van der Waals surface area contributed by atoms with Gasteiger partial charge in [-0.3, -0.25) is 0 Å². The molecule has 0 amide bonds. The molecule has 0 aromatic heterocycles. The maximum atomic E-state index is 6.99. The molecule has 4 rings (SSSR count). The molecule has 0 saturated carbocycles. The van der Waals surface area contributed by atoms with E-state index in [0.29, 0.717) is 39.5 Å². The van der Waals surface area contributed by atoms with E-state index in [1.54, 1.807) is 0 Å². The quantitative estimate of drug-likeness (QED) is 0.133. The molecule has 0 unspecified atom stereocenters. The van der Waals surface area contributed by atoms with E-state index in [4.69, 9.17) is 23.4 Å². The first-order chi connectivity index (χ1) is 20.1. The fourth-order valence-electron chi connectivity index (χ4n) is 5.00. The molecule has 0 aliphatic carbocycles. The summed E-state index contributed by atoms with van der Waals surface area (Å²) in [4.78, 5) is 0. The van der Waals surface area contributed by atoms with Gasteiger partial charge in [-0.15, -0.1) is 6.58 Å². The lowest BCUT2D eigenvalue weighted by molar-refractivity contribution is -0.137. The molecule has 5 nitrogen and oxygen atoms in total. The van der Waals surface area contributed by atoms with Crippen molar-refractivity contribution < 1.29 is 23.4 Å². The van der Waals surface area contributed by atoms with Crippen molar-refractivity contribution in [2.24, 2.45) is 0 Å². The van der Waals surface area contributed by atoms with Crippen molar-refractivity contribution in [1.29, 1.82) is 0 Å². The molecule has 1 aliphatic heterocycles. The third kappa shape index (κ3) is 8.50. The lowest BCUT2D eigenvalue weighted by Crippen LogP contribution is -2.52. The number of rotatable bonds is 15. The minimum atomic E-state index is -2.09. The third-order valence-electron chi connectivity index (χ3n) is 8.49. The van der Waals surface area contributed by atoms with Crippen LogP contribution in [0.4, 0.5) is 0 Å². The molecule has 1 fully saturated rings. The average Bonchev–Trinajstić information content (AvgIpc) is 3.27. The Kier molecular flexibility index (Phi) is 11.3. The van der Waals surface area contributed by atoms with Gasteiger partial charge < -0.3 is 23.4 Å². The molecule has 0 bridgehead atoms. The Morgan fingerprint density at radius 3 is 1.79 bits per heavy atom. The van der Waals surface area contributed by atoms with Crippen LogP contribution in [-0.4, -0.2) is 45.4 Å². The summed E-state index contributed by atoms with van der Waals surface area (Å²) in [6, 6.07) is 30.7. The van der Waals surface area contributed by atoms with Crippen LogP contribution < -0.4 is 0 Å². The maximum Gasteiger partial charge on any atom is 0.192 e. The first kappa shape index (κ1) is 32.3. The zero-order valence-corrected chi connectivity index (χ0v) is 27.0. The van der Waals surface area contributed by atoms with Gasteiger partial charge in [-0.25, -0.2) is 0 Å². The van der Waals surface area contributed by atoms with E-state index in [0.717, 1.165) is 16.7 Å². The van der Waals surface area contributed by atoms with Crippen LogP contribution >= 0.6 is 0 Å². The van der Waals surface area contributed by atoms with Crippen LogP contribution in [0.1, 0.15) is 43.9 Å². The Balaban J connectivity index is 1.63. The molecule has 0 spiro atoms. The zero-order chi connectivity index (χ0) is 30.1. The Bertz CT molecular complexity index is 1210. The monoisotopic (exact) mass is 588 g/mol. The van der Waals surface area contributed by atoms with Gasteiger partial charge in [-0.2, -0.15) is 0 Å². The molecule has 1 aliphatic rings. The van der Waals surface area contributed by atoms with Crippen molar-refractivity contribution in [3.05, 3.63) is 120 Å². The van der Waals surface area contributed by atoms with Gasteiger partial charge >= 0.3 is 0 Å². The first-order valence-electron chi connectivity index (χ1n) is 15.0. The highest BCUT2D eigenvalue weighted by atomic mass is 28.4. The summed E-state index contributed by atoms with van der Waals surface area (Å²) in [7, 11) is -2.09. The summed E-state index contributed by atoms with van der Waals surface area (Å²) >= 11 is 0. The third-order valence-corrected chi connectivity index (χ3v) is 13.0.